The lowest BCUT2D eigenvalue weighted by molar-refractivity contribution is 0.407. The Morgan fingerprint density at radius 3 is 2.53 bits per heavy atom. The maximum absolute atomic E-state index is 5.77. The standard InChI is InChI=1S/C11H16ClN3/c1-8-6-15(7-9(2)14-8)10-3-4-11(12)13-5-10/h3-5,8-9,14H,6-7H2,1-2H3. The summed E-state index contributed by atoms with van der Waals surface area (Å²) in [6.07, 6.45) is 1.84. The number of nitrogens with one attached hydrogen (secondary N) is 1. The first-order valence-electron chi connectivity index (χ1n) is 5.27. The number of aromatic nitrogens is 1. The molecule has 82 valence electrons. The number of hydrogen-bond acceptors (Lipinski definition) is 3. The molecule has 2 heterocycles. The number of hydrogen-bond donors (Lipinski definition) is 1. The number of nitrogens with zero attached hydrogens (tertiary/aromatic N) is 2. The summed E-state index contributed by atoms with van der Waals surface area (Å²) in [5, 5.41) is 4.05. The minimum Gasteiger partial charge on any atom is -0.367 e. The lowest BCUT2D eigenvalue weighted by Gasteiger charge is -2.37. The van der Waals surface area contributed by atoms with Crippen LogP contribution in [-0.2, 0) is 0 Å². The highest BCUT2D eigenvalue weighted by molar-refractivity contribution is 6.29. The second kappa shape index (κ2) is 4.37. The third-order valence-electron chi connectivity index (χ3n) is 2.63. The Hall–Kier alpha value is -0.800. The van der Waals surface area contributed by atoms with Gasteiger partial charge in [-0.1, -0.05) is 11.6 Å². The van der Waals surface area contributed by atoms with E-state index in [1.54, 1.807) is 0 Å². The van der Waals surface area contributed by atoms with Gasteiger partial charge in [0.25, 0.3) is 0 Å². The first-order chi connectivity index (χ1) is 7.15. The molecule has 0 aromatic carbocycles. The van der Waals surface area contributed by atoms with E-state index in [-0.39, 0.29) is 0 Å². The number of anilines is 1. The largest absolute Gasteiger partial charge is 0.367 e. The van der Waals surface area contributed by atoms with Crippen LogP contribution in [0.1, 0.15) is 13.8 Å². The van der Waals surface area contributed by atoms with Gasteiger partial charge in [-0.15, -0.1) is 0 Å². The van der Waals surface area contributed by atoms with Gasteiger partial charge in [0.15, 0.2) is 0 Å². The Balaban J connectivity index is 2.12. The van der Waals surface area contributed by atoms with E-state index in [0.717, 1.165) is 18.8 Å². The van der Waals surface area contributed by atoms with E-state index in [0.29, 0.717) is 17.2 Å². The molecule has 1 aromatic rings. The van der Waals surface area contributed by atoms with Gasteiger partial charge >= 0.3 is 0 Å². The van der Waals surface area contributed by atoms with Crippen molar-refractivity contribution in [3.05, 3.63) is 23.5 Å². The normalized spacial score (nSPS) is 26.7. The van der Waals surface area contributed by atoms with Gasteiger partial charge < -0.3 is 10.2 Å². The van der Waals surface area contributed by atoms with Crippen molar-refractivity contribution in [2.24, 2.45) is 0 Å². The summed E-state index contributed by atoms with van der Waals surface area (Å²) >= 11 is 5.77. The van der Waals surface area contributed by atoms with Crippen molar-refractivity contribution in [1.82, 2.24) is 10.3 Å². The molecule has 0 radical (unpaired) electrons. The molecule has 1 fully saturated rings. The molecule has 2 unspecified atom stereocenters. The van der Waals surface area contributed by atoms with Gasteiger partial charge in [0.05, 0.1) is 11.9 Å². The van der Waals surface area contributed by atoms with Crippen LogP contribution < -0.4 is 10.2 Å². The third-order valence-corrected chi connectivity index (χ3v) is 2.86. The Bertz CT molecular complexity index is 315. The second-order valence-corrected chi connectivity index (χ2v) is 4.60. The molecule has 3 nitrogen and oxygen atoms in total. The molecule has 15 heavy (non-hydrogen) atoms. The zero-order valence-corrected chi connectivity index (χ0v) is 9.83. The average Bonchev–Trinajstić information content (AvgIpc) is 2.17. The van der Waals surface area contributed by atoms with Crippen LogP contribution in [0, 0.1) is 0 Å². The number of pyridine rings is 1. The highest BCUT2D eigenvalue weighted by Gasteiger charge is 2.20. The summed E-state index contributed by atoms with van der Waals surface area (Å²) in [5.74, 6) is 0. The zero-order valence-electron chi connectivity index (χ0n) is 9.07. The molecule has 0 bridgehead atoms. The number of rotatable bonds is 1. The average molecular weight is 226 g/mol. The van der Waals surface area contributed by atoms with E-state index in [2.05, 4.69) is 29.0 Å². The van der Waals surface area contributed by atoms with Gasteiger partial charge in [-0.25, -0.2) is 4.98 Å². The lowest BCUT2D eigenvalue weighted by atomic mass is 10.1. The minimum absolute atomic E-state index is 0.518. The van der Waals surface area contributed by atoms with Gasteiger partial charge in [-0.3, -0.25) is 0 Å². The molecule has 2 atom stereocenters. The molecule has 1 aromatic heterocycles. The van der Waals surface area contributed by atoms with Crippen molar-refractivity contribution in [3.63, 3.8) is 0 Å². The van der Waals surface area contributed by atoms with Crippen LogP contribution >= 0.6 is 11.6 Å². The predicted molar refractivity (Wildman–Crippen MR) is 63.5 cm³/mol. The summed E-state index contributed by atoms with van der Waals surface area (Å²) in [6, 6.07) is 4.91. The maximum Gasteiger partial charge on any atom is 0.129 e. The van der Waals surface area contributed by atoms with Gasteiger partial charge in [0.2, 0.25) is 0 Å². The van der Waals surface area contributed by atoms with Gasteiger partial charge in [-0.05, 0) is 26.0 Å². The van der Waals surface area contributed by atoms with Crippen molar-refractivity contribution in [3.8, 4) is 0 Å². The molecule has 4 heteroatoms. The predicted octanol–water partition coefficient (Wildman–Crippen LogP) is 1.92. The van der Waals surface area contributed by atoms with Crippen molar-refractivity contribution in [1.29, 1.82) is 0 Å². The van der Waals surface area contributed by atoms with Crippen LogP contribution in [0.4, 0.5) is 5.69 Å². The Labute approximate surface area is 95.4 Å². The third kappa shape index (κ3) is 2.61. The molecule has 1 aliphatic heterocycles. The van der Waals surface area contributed by atoms with Crippen LogP contribution in [0.5, 0.6) is 0 Å². The fraction of sp³-hybridized carbons (Fsp3) is 0.545. The fourth-order valence-electron chi connectivity index (χ4n) is 2.09. The first-order valence-corrected chi connectivity index (χ1v) is 5.65. The Morgan fingerprint density at radius 1 is 1.33 bits per heavy atom. The summed E-state index contributed by atoms with van der Waals surface area (Å²) in [4.78, 5) is 6.45. The van der Waals surface area contributed by atoms with Crippen LogP contribution in [-0.4, -0.2) is 30.2 Å². The fourth-order valence-corrected chi connectivity index (χ4v) is 2.20. The van der Waals surface area contributed by atoms with Gasteiger partial charge in [-0.2, -0.15) is 0 Å². The minimum atomic E-state index is 0.518. The molecule has 1 N–H and O–H groups in total. The van der Waals surface area contributed by atoms with E-state index < -0.39 is 0 Å². The van der Waals surface area contributed by atoms with E-state index in [4.69, 9.17) is 11.6 Å². The molecule has 0 saturated carbocycles. The van der Waals surface area contributed by atoms with Crippen LogP contribution in [0.15, 0.2) is 18.3 Å². The molecule has 0 spiro atoms. The highest BCUT2D eigenvalue weighted by Crippen LogP contribution is 2.18. The summed E-state index contributed by atoms with van der Waals surface area (Å²) in [6.45, 7) is 6.44. The molecule has 1 aliphatic rings. The van der Waals surface area contributed by atoms with Gasteiger partial charge in [0.1, 0.15) is 5.15 Å². The number of piperazine rings is 1. The molecule has 0 amide bonds. The van der Waals surface area contributed by atoms with Crippen molar-refractivity contribution in [2.45, 2.75) is 25.9 Å². The van der Waals surface area contributed by atoms with E-state index >= 15 is 0 Å². The Morgan fingerprint density at radius 2 is 2.00 bits per heavy atom. The van der Waals surface area contributed by atoms with Crippen molar-refractivity contribution < 1.29 is 0 Å². The highest BCUT2D eigenvalue weighted by atomic mass is 35.5. The maximum atomic E-state index is 5.77. The zero-order chi connectivity index (χ0) is 10.8. The van der Waals surface area contributed by atoms with Crippen LogP contribution in [0.2, 0.25) is 5.15 Å². The molecular weight excluding hydrogens is 210 g/mol. The van der Waals surface area contributed by atoms with Crippen LogP contribution in [0.3, 0.4) is 0 Å². The molecular formula is C11H16ClN3. The van der Waals surface area contributed by atoms with E-state index in [9.17, 15) is 0 Å². The molecule has 2 rings (SSSR count). The molecule has 0 aliphatic carbocycles. The molecule has 1 saturated heterocycles. The van der Waals surface area contributed by atoms with Crippen molar-refractivity contribution in [2.75, 3.05) is 18.0 Å². The van der Waals surface area contributed by atoms with Crippen molar-refractivity contribution >= 4 is 17.3 Å². The topological polar surface area (TPSA) is 28.2 Å². The quantitative estimate of drug-likeness (QED) is 0.741. The van der Waals surface area contributed by atoms with Gasteiger partial charge in [0, 0.05) is 25.2 Å². The van der Waals surface area contributed by atoms with Crippen LogP contribution in [0.25, 0.3) is 0 Å². The summed E-state index contributed by atoms with van der Waals surface area (Å²) < 4.78 is 0. The Kier molecular flexibility index (Phi) is 3.12. The first kappa shape index (κ1) is 10.7. The smallest absolute Gasteiger partial charge is 0.129 e. The summed E-state index contributed by atoms with van der Waals surface area (Å²) in [7, 11) is 0. The monoisotopic (exact) mass is 225 g/mol. The summed E-state index contributed by atoms with van der Waals surface area (Å²) in [5.41, 5.74) is 1.15. The number of halogens is 1. The SMILES string of the molecule is CC1CN(c2ccc(Cl)nc2)CC(C)N1. The van der Waals surface area contributed by atoms with E-state index in [1.807, 2.05) is 18.3 Å². The second-order valence-electron chi connectivity index (χ2n) is 4.21. The lowest BCUT2D eigenvalue weighted by Crippen LogP contribution is -2.54. The van der Waals surface area contributed by atoms with E-state index in [1.165, 1.54) is 0 Å².